The van der Waals surface area contributed by atoms with Gasteiger partial charge in [-0.2, -0.15) is 0 Å². The van der Waals surface area contributed by atoms with Gasteiger partial charge < -0.3 is 24.6 Å². The summed E-state index contributed by atoms with van der Waals surface area (Å²) in [4.78, 5) is 24.9. The van der Waals surface area contributed by atoms with Crippen molar-refractivity contribution < 1.29 is 42.5 Å². The monoisotopic (exact) mass is 558 g/mol. The van der Waals surface area contributed by atoms with Crippen molar-refractivity contribution in [2.75, 3.05) is 33.5 Å². The van der Waals surface area contributed by atoms with Gasteiger partial charge in [0.15, 0.2) is 14.6 Å². The Bertz CT molecular complexity index is 1450. The lowest BCUT2D eigenvalue weighted by atomic mass is 9.98. The highest BCUT2D eigenvalue weighted by molar-refractivity contribution is 7.93. The Morgan fingerprint density at radius 3 is 2.36 bits per heavy atom. The van der Waals surface area contributed by atoms with E-state index in [-0.39, 0.29) is 55.4 Å². The highest BCUT2D eigenvalue weighted by atomic mass is 32.2. The lowest BCUT2D eigenvalue weighted by molar-refractivity contribution is -0.134. The van der Waals surface area contributed by atoms with Crippen LogP contribution in [0, 0.1) is 0 Å². The van der Waals surface area contributed by atoms with Crippen LogP contribution in [0.25, 0.3) is 10.8 Å². The molecule has 3 aromatic rings. The first kappa shape index (κ1) is 28.1. The maximum Gasteiger partial charge on any atom is 0.265 e. The van der Waals surface area contributed by atoms with Gasteiger partial charge in [0.05, 0.1) is 24.2 Å². The van der Waals surface area contributed by atoms with Gasteiger partial charge in [0.1, 0.15) is 17.2 Å². The largest absolute Gasteiger partial charge is 0.507 e. The van der Waals surface area contributed by atoms with Gasteiger partial charge >= 0.3 is 0 Å². The third kappa shape index (κ3) is 5.77. The van der Waals surface area contributed by atoms with E-state index in [1.165, 1.54) is 35.8 Å². The van der Waals surface area contributed by atoms with Gasteiger partial charge in [-0.25, -0.2) is 13.9 Å². The number of fused-ring (bicyclic) bond motifs is 1. The first-order valence-electron chi connectivity index (χ1n) is 12.3. The summed E-state index contributed by atoms with van der Waals surface area (Å²) in [5.74, 6) is -0.490. The van der Waals surface area contributed by atoms with Crippen LogP contribution in [-0.4, -0.2) is 68.8 Å². The molecule has 3 aromatic carbocycles. The number of phenolic OH excluding ortho intramolecular Hbond substituents is 1. The second kappa shape index (κ2) is 11.9. The Morgan fingerprint density at radius 2 is 1.69 bits per heavy atom. The summed E-state index contributed by atoms with van der Waals surface area (Å²) < 4.78 is 40.9. The van der Waals surface area contributed by atoms with E-state index in [4.69, 9.17) is 19.4 Å². The summed E-state index contributed by atoms with van der Waals surface area (Å²) in [5.41, 5.74) is 1.63. The highest BCUT2D eigenvalue weighted by Gasteiger charge is 2.52. The first-order chi connectivity index (χ1) is 18.7. The second-order valence-electron chi connectivity index (χ2n) is 9.06. The van der Waals surface area contributed by atoms with Crippen LogP contribution in [-0.2, 0) is 19.4 Å². The number of carbonyl (C=O) groups is 2. The van der Waals surface area contributed by atoms with E-state index < -0.39 is 26.4 Å². The molecule has 2 amide bonds. The summed E-state index contributed by atoms with van der Waals surface area (Å²) in [6.07, 6.45) is 0.307. The minimum absolute atomic E-state index is 0.0690. The van der Waals surface area contributed by atoms with Crippen LogP contribution >= 0.6 is 0 Å². The number of nitrogens with one attached hydrogen (secondary N) is 2. The third-order valence-corrected chi connectivity index (χ3v) is 9.26. The van der Waals surface area contributed by atoms with Crippen molar-refractivity contribution >= 4 is 32.4 Å². The standard InChI is InChI=1S/C27H30N2O9S/c1-36-21-4-3-18-17-24(30)23(16-19(18)15-21)25(31)28-11-2-12-38-20-5-7-22(8-6-20)39(34,35)27(26(32)29-33)9-13-37-14-10-27/h3-8,15-17,30,33H,2,9-14H2,1H3,(H,28,31)(H,29,32). The highest BCUT2D eigenvalue weighted by Crippen LogP contribution is 2.36. The topological polar surface area (TPSA) is 160 Å². The minimum atomic E-state index is -4.12. The lowest BCUT2D eigenvalue weighted by Gasteiger charge is -2.34. The molecule has 1 heterocycles. The van der Waals surface area contributed by atoms with E-state index in [0.29, 0.717) is 17.9 Å². The Labute approximate surface area is 225 Å². The first-order valence-corrected chi connectivity index (χ1v) is 13.8. The van der Waals surface area contributed by atoms with Gasteiger partial charge in [0.25, 0.3) is 11.8 Å². The van der Waals surface area contributed by atoms with E-state index >= 15 is 0 Å². The molecule has 1 fully saturated rings. The molecule has 1 aliphatic heterocycles. The van der Waals surface area contributed by atoms with Crippen LogP contribution in [0.3, 0.4) is 0 Å². The third-order valence-electron chi connectivity index (χ3n) is 6.75. The number of phenols is 1. The molecule has 1 saturated heterocycles. The van der Waals surface area contributed by atoms with Crippen molar-refractivity contribution in [3.63, 3.8) is 0 Å². The molecule has 4 rings (SSSR count). The number of sulfone groups is 1. The molecule has 208 valence electrons. The molecule has 1 aliphatic rings. The molecule has 0 saturated carbocycles. The predicted molar refractivity (Wildman–Crippen MR) is 141 cm³/mol. The number of hydrogen-bond donors (Lipinski definition) is 4. The summed E-state index contributed by atoms with van der Waals surface area (Å²) in [6, 6.07) is 14.1. The average Bonchev–Trinajstić information content (AvgIpc) is 2.96. The molecule has 0 spiro atoms. The van der Waals surface area contributed by atoms with Crippen LogP contribution in [0.4, 0.5) is 0 Å². The maximum atomic E-state index is 13.3. The van der Waals surface area contributed by atoms with E-state index in [1.807, 2.05) is 0 Å². The number of amides is 2. The molecule has 12 heteroatoms. The fraction of sp³-hybridized carbons (Fsp3) is 0.333. The Morgan fingerprint density at radius 1 is 1.00 bits per heavy atom. The predicted octanol–water partition coefficient (Wildman–Crippen LogP) is 2.58. The Hall–Kier alpha value is -3.87. The van der Waals surface area contributed by atoms with Gasteiger partial charge in [0.2, 0.25) is 0 Å². The number of benzene rings is 3. The van der Waals surface area contributed by atoms with Crippen molar-refractivity contribution in [3.8, 4) is 17.2 Å². The smallest absolute Gasteiger partial charge is 0.265 e. The zero-order valence-electron chi connectivity index (χ0n) is 21.3. The van der Waals surface area contributed by atoms with E-state index in [1.54, 1.807) is 31.4 Å². The van der Waals surface area contributed by atoms with Crippen molar-refractivity contribution in [1.82, 2.24) is 10.8 Å². The molecule has 0 unspecified atom stereocenters. The molecule has 0 aromatic heterocycles. The molecular formula is C27H30N2O9S. The van der Waals surface area contributed by atoms with Gasteiger partial charge in [0, 0.05) is 19.8 Å². The number of hydrogen-bond acceptors (Lipinski definition) is 9. The van der Waals surface area contributed by atoms with Crippen molar-refractivity contribution in [1.29, 1.82) is 0 Å². The van der Waals surface area contributed by atoms with Crippen molar-refractivity contribution in [3.05, 3.63) is 60.2 Å². The number of hydroxylamine groups is 1. The van der Waals surface area contributed by atoms with E-state index in [9.17, 15) is 23.1 Å². The van der Waals surface area contributed by atoms with Gasteiger partial charge in [-0.15, -0.1) is 0 Å². The molecule has 0 bridgehead atoms. The van der Waals surface area contributed by atoms with Gasteiger partial charge in [-0.3, -0.25) is 14.8 Å². The fourth-order valence-corrected chi connectivity index (χ4v) is 6.43. The summed E-state index contributed by atoms with van der Waals surface area (Å²) in [6.45, 7) is 0.683. The zero-order valence-corrected chi connectivity index (χ0v) is 22.1. The van der Waals surface area contributed by atoms with E-state index in [2.05, 4.69) is 5.32 Å². The number of rotatable bonds is 10. The SMILES string of the molecule is COc1ccc2cc(O)c(C(=O)NCCCOc3ccc(S(=O)(=O)C4(C(=O)NO)CCOCC4)cc3)cc2c1. The summed E-state index contributed by atoms with van der Waals surface area (Å²) >= 11 is 0. The van der Waals surface area contributed by atoms with E-state index in [0.717, 1.165) is 10.8 Å². The maximum absolute atomic E-state index is 13.3. The zero-order chi connectivity index (χ0) is 28.0. The Kier molecular flexibility index (Phi) is 8.58. The van der Waals surface area contributed by atoms with Crippen LogP contribution in [0.1, 0.15) is 29.6 Å². The second-order valence-corrected chi connectivity index (χ2v) is 11.3. The molecule has 0 radical (unpaired) electrons. The molecule has 0 atom stereocenters. The number of aromatic hydroxyl groups is 1. The van der Waals surface area contributed by atoms with Crippen LogP contribution < -0.4 is 20.3 Å². The molecule has 39 heavy (non-hydrogen) atoms. The number of carbonyl (C=O) groups excluding carboxylic acids is 2. The molecular weight excluding hydrogens is 528 g/mol. The summed E-state index contributed by atoms with van der Waals surface area (Å²) in [7, 11) is -2.57. The Balaban J connectivity index is 1.31. The lowest BCUT2D eigenvalue weighted by Crippen LogP contribution is -2.54. The minimum Gasteiger partial charge on any atom is -0.507 e. The van der Waals surface area contributed by atoms with Gasteiger partial charge in [-0.05, 0) is 78.6 Å². The van der Waals surface area contributed by atoms with Crippen LogP contribution in [0.15, 0.2) is 59.5 Å². The molecule has 11 nitrogen and oxygen atoms in total. The van der Waals surface area contributed by atoms with Crippen LogP contribution in [0.5, 0.6) is 17.2 Å². The van der Waals surface area contributed by atoms with Crippen molar-refractivity contribution in [2.45, 2.75) is 28.9 Å². The van der Waals surface area contributed by atoms with Gasteiger partial charge in [-0.1, -0.05) is 6.07 Å². The normalized spacial score (nSPS) is 14.9. The number of ether oxygens (including phenoxy) is 3. The molecule has 0 aliphatic carbocycles. The average molecular weight is 559 g/mol. The van der Waals surface area contributed by atoms with Crippen molar-refractivity contribution in [2.24, 2.45) is 0 Å². The number of methoxy groups -OCH3 is 1. The molecule has 4 N–H and O–H groups in total. The van der Waals surface area contributed by atoms with Crippen LogP contribution in [0.2, 0.25) is 0 Å². The summed E-state index contributed by atoms with van der Waals surface area (Å²) in [5, 5.41) is 23.7. The fourth-order valence-electron chi connectivity index (χ4n) is 4.49. The quantitative estimate of drug-likeness (QED) is 0.167.